The lowest BCUT2D eigenvalue weighted by atomic mass is 10.3. The topological polar surface area (TPSA) is 54.5 Å². The molecule has 0 spiro atoms. The predicted molar refractivity (Wildman–Crippen MR) is 65.5 cm³/mol. The van der Waals surface area contributed by atoms with Gasteiger partial charge in [0.15, 0.2) is 11.0 Å². The van der Waals surface area contributed by atoms with Crippen molar-refractivity contribution in [3.8, 4) is 11.9 Å². The summed E-state index contributed by atoms with van der Waals surface area (Å²) in [4.78, 5) is 4.13. The molecule has 86 valence electrons. The normalized spacial score (nSPS) is 10.2. The van der Waals surface area contributed by atoms with Crippen LogP contribution in [0.1, 0.15) is 18.2 Å². The van der Waals surface area contributed by atoms with Gasteiger partial charge in [-0.25, -0.2) is 9.67 Å². The maximum atomic E-state index is 8.74. The fourth-order valence-electron chi connectivity index (χ4n) is 1.47. The van der Waals surface area contributed by atoms with Gasteiger partial charge in [0.1, 0.15) is 6.07 Å². The first kappa shape index (κ1) is 11.9. The SMILES string of the molecule is CCc1cc(Cl)nn1-c1ncc(C#N)cc1Cl. The standard InChI is InChI=1S/C11H8Cl2N4/c1-2-8-4-10(13)16-17(8)11-9(12)3-7(5-14)6-15-11/h3-4,6H,2H2,1H3. The zero-order valence-electron chi connectivity index (χ0n) is 8.98. The van der Waals surface area contributed by atoms with Gasteiger partial charge in [-0.1, -0.05) is 30.1 Å². The molecule has 0 amide bonds. The third kappa shape index (κ3) is 2.26. The van der Waals surface area contributed by atoms with E-state index in [1.165, 1.54) is 6.20 Å². The quantitative estimate of drug-likeness (QED) is 0.840. The van der Waals surface area contributed by atoms with E-state index in [0.29, 0.717) is 21.6 Å². The Morgan fingerprint density at radius 3 is 2.76 bits per heavy atom. The van der Waals surface area contributed by atoms with Crippen molar-refractivity contribution < 1.29 is 0 Å². The molecule has 0 aliphatic carbocycles. The maximum absolute atomic E-state index is 8.74. The molecule has 0 saturated carbocycles. The van der Waals surface area contributed by atoms with E-state index in [1.807, 2.05) is 13.0 Å². The third-order valence-electron chi connectivity index (χ3n) is 2.27. The summed E-state index contributed by atoms with van der Waals surface area (Å²) in [5.41, 5.74) is 1.32. The molecule has 17 heavy (non-hydrogen) atoms. The van der Waals surface area contributed by atoms with Gasteiger partial charge in [-0.05, 0) is 18.6 Å². The molecule has 4 nitrogen and oxygen atoms in total. The van der Waals surface area contributed by atoms with Gasteiger partial charge in [0.25, 0.3) is 0 Å². The Morgan fingerprint density at radius 1 is 1.41 bits per heavy atom. The second kappa shape index (κ2) is 4.74. The lowest BCUT2D eigenvalue weighted by Crippen LogP contribution is -2.04. The molecule has 2 aromatic rings. The minimum atomic E-state index is 0.374. The van der Waals surface area contributed by atoms with Crippen LogP contribution < -0.4 is 0 Å². The Morgan fingerprint density at radius 2 is 2.18 bits per heavy atom. The first-order valence-electron chi connectivity index (χ1n) is 4.96. The van der Waals surface area contributed by atoms with Crippen LogP contribution in [0, 0.1) is 11.3 Å². The van der Waals surface area contributed by atoms with E-state index in [0.717, 1.165) is 12.1 Å². The highest BCUT2D eigenvalue weighted by molar-refractivity contribution is 6.32. The van der Waals surface area contributed by atoms with Gasteiger partial charge in [0.05, 0.1) is 10.6 Å². The highest BCUT2D eigenvalue weighted by Crippen LogP contribution is 2.22. The molecule has 0 aliphatic heterocycles. The van der Waals surface area contributed by atoms with Crippen molar-refractivity contribution in [3.63, 3.8) is 0 Å². The Hall–Kier alpha value is -1.57. The highest BCUT2D eigenvalue weighted by atomic mass is 35.5. The van der Waals surface area contributed by atoms with Crippen LogP contribution in [0.15, 0.2) is 18.3 Å². The third-order valence-corrected chi connectivity index (χ3v) is 2.73. The van der Waals surface area contributed by atoms with Gasteiger partial charge in [-0.2, -0.15) is 10.4 Å². The summed E-state index contributed by atoms with van der Waals surface area (Å²) in [5, 5.41) is 13.6. The predicted octanol–water partition coefficient (Wildman–Crippen LogP) is 3.01. The first-order valence-corrected chi connectivity index (χ1v) is 5.71. The molecule has 6 heteroatoms. The summed E-state index contributed by atoms with van der Waals surface area (Å²) in [6.45, 7) is 1.99. The summed E-state index contributed by atoms with van der Waals surface area (Å²) in [5.74, 6) is 0.481. The van der Waals surface area contributed by atoms with Crippen molar-refractivity contribution >= 4 is 23.2 Å². The van der Waals surface area contributed by atoms with Gasteiger partial charge in [0.2, 0.25) is 0 Å². The van der Waals surface area contributed by atoms with E-state index >= 15 is 0 Å². The van der Waals surface area contributed by atoms with Crippen LogP contribution >= 0.6 is 23.2 Å². The van der Waals surface area contributed by atoms with Gasteiger partial charge in [-0.15, -0.1) is 0 Å². The first-order chi connectivity index (χ1) is 8.15. The fourth-order valence-corrected chi connectivity index (χ4v) is 1.92. The second-order valence-electron chi connectivity index (χ2n) is 3.36. The zero-order chi connectivity index (χ0) is 12.4. The number of aromatic nitrogens is 3. The monoisotopic (exact) mass is 266 g/mol. The van der Waals surface area contributed by atoms with Crippen LogP contribution in [0.25, 0.3) is 5.82 Å². The molecule has 0 N–H and O–H groups in total. The second-order valence-corrected chi connectivity index (χ2v) is 4.16. The number of hydrogen-bond acceptors (Lipinski definition) is 3. The van der Waals surface area contributed by atoms with E-state index < -0.39 is 0 Å². The van der Waals surface area contributed by atoms with Gasteiger partial charge in [-0.3, -0.25) is 0 Å². The van der Waals surface area contributed by atoms with Crippen LogP contribution in [-0.4, -0.2) is 14.8 Å². The average molecular weight is 267 g/mol. The van der Waals surface area contributed by atoms with Gasteiger partial charge >= 0.3 is 0 Å². The molecule has 0 unspecified atom stereocenters. The minimum absolute atomic E-state index is 0.374. The molecule has 0 fully saturated rings. The summed E-state index contributed by atoms with van der Waals surface area (Å²) in [7, 11) is 0. The van der Waals surface area contributed by atoms with Crippen LogP contribution in [0.2, 0.25) is 10.2 Å². The lowest BCUT2D eigenvalue weighted by molar-refractivity contribution is 0.789. The van der Waals surface area contributed by atoms with E-state index in [4.69, 9.17) is 28.5 Å². The Kier molecular flexibility index (Phi) is 3.32. The minimum Gasteiger partial charge on any atom is -0.234 e. The lowest BCUT2D eigenvalue weighted by Gasteiger charge is -2.06. The number of hydrogen-bond donors (Lipinski definition) is 0. The Labute approximate surface area is 108 Å². The fraction of sp³-hybridized carbons (Fsp3) is 0.182. The van der Waals surface area contributed by atoms with Gasteiger partial charge in [0, 0.05) is 11.9 Å². The number of nitrogens with zero attached hydrogens (tertiary/aromatic N) is 4. The van der Waals surface area contributed by atoms with Crippen molar-refractivity contribution in [2.75, 3.05) is 0 Å². The van der Waals surface area contributed by atoms with Crippen LogP contribution in [0.4, 0.5) is 0 Å². The number of halogens is 2. The molecule has 2 aromatic heterocycles. The summed E-state index contributed by atoms with van der Waals surface area (Å²) >= 11 is 11.9. The summed E-state index contributed by atoms with van der Waals surface area (Å²) < 4.78 is 1.59. The van der Waals surface area contributed by atoms with E-state index in [1.54, 1.807) is 16.8 Å². The maximum Gasteiger partial charge on any atom is 0.172 e. The smallest absolute Gasteiger partial charge is 0.172 e. The molecule has 0 atom stereocenters. The van der Waals surface area contributed by atoms with Crippen molar-refractivity contribution in [2.45, 2.75) is 13.3 Å². The average Bonchev–Trinajstić information content (AvgIpc) is 2.70. The van der Waals surface area contributed by atoms with Crippen LogP contribution in [0.3, 0.4) is 0 Å². The van der Waals surface area contributed by atoms with Crippen LogP contribution in [0.5, 0.6) is 0 Å². The van der Waals surface area contributed by atoms with E-state index in [2.05, 4.69) is 10.1 Å². The van der Waals surface area contributed by atoms with Crippen molar-refractivity contribution in [1.29, 1.82) is 5.26 Å². The number of aryl methyl sites for hydroxylation is 1. The molecule has 0 saturated heterocycles. The Bertz CT molecular complexity index is 598. The van der Waals surface area contributed by atoms with Crippen molar-refractivity contribution in [1.82, 2.24) is 14.8 Å². The number of rotatable bonds is 2. The number of nitriles is 1. The van der Waals surface area contributed by atoms with Gasteiger partial charge < -0.3 is 0 Å². The zero-order valence-corrected chi connectivity index (χ0v) is 10.5. The van der Waals surface area contributed by atoms with Crippen LogP contribution in [-0.2, 0) is 6.42 Å². The molecule has 0 radical (unpaired) electrons. The molecule has 0 aromatic carbocycles. The highest BCUT2D eigenvalue weighted by Gasteiger charge is 2.12. The molecule has 0 aliphatic rings. The summed E-state index contributed by atoms with van der Waals surface area (Å²) in [6.07, 6.45) is 2.22. The Balaban J connectivity index is 2.57. The molecular formula is C11H8Cl2N4. The van der Waals surface area contributed by atoms with Crippen molar-refractivity contribution in [2.24, 2.45) is 0 Å². The molecule has 0 bridgehead atoms. The largest absolute Gasteiger partial charge is 0.234 e. The molecule has 2 heterocycles. The van der Waals surface area contributed by atoms with Crippen molar-refractivity contribution in [3.05, 3.63) is 39.8 Å². The number of pyridine rings is 1. The molecular weight excluding hydrogens is 259 g/mol. The summed E-state index contributed by atoms with van der Waals surface area (Å²) in [6, 6.07) is 5.29. The van der Waals surface area contributed by atoms with E-state index in [9.17, 15) is 0 Å². The molecule has 2 rings (SSSR count). The van der Waals surface area contributed by atoms with E-state index in [-0.39, 0.29) is 0 Å².